The van der Waals surface area contributed by atoms with E-state index in [1.165, 1.54) is 32.7 Å². The lowest BCUT2D eigenvalue weighted by molar-refractivity contribution is 0.638. The maximum atomic E-state index is 5.83. The largest absolute Gasteiger partial charge is 0.271 e. The van der Waals surface area contributed by atoms with Crippen LogP contribution < -0.4 is 11.3 Å². The summed E-state index contributed by atoms with van der Waals surface area (Å²) in [6.45, 7) is 8.65. The lowest BCUT2D eigenvalue weighted by Crippen LogP contribution is -2.29. The fraction of sp³-hybridized carbons (Fsp3) is 0.375. The molecule has 1 heterocycles. The molecule has 0 radical (unpaired) electrons. The van der Waals surface area contributed by atoms with E-state index in [9.17, 15) is 0 Å². The second kappa shape index (κ2) is 5.87. The first kappa shape index (κ1) is 14.3. The molecule has 0 aliphatic carbocycles. The zero-order chi connectivity index (χ0) is 14.0. The fourth-order valence-corrected chi connectivity index (χ4v) is 3.57. The topological polar surface area (TPSA) is 38.0 Å². The summed E-state index contributed by atoms with van der Waals surface area (Å²) in [6, 6.07) is 6.79. The molecule has 0 saturated carbocycles. The Kier molecular flexibility index (Phi) is 4.40. The number of hydrazine groups is 1. The van der Waals surface area contributed by atoms with Crippen LogP contribution >= 0.6 is 11.3 Å². The van der Waals surface area contributed by atoms with Gasteiger partial charge in [-0.25, -0.2) is 5.43 Å². The van der Waals surface area contributed by atoms with Crippen molar-refractivity contribution in [3.8, 4) is 0 Å². The summed E-state index contributed by atoms with van der Waals surface area (Å²) in [5.41, 5.74) is 9.59. The number of nitrogens with two attached hydrogens (primary N) is 1. The van der Waals surface area contributed by atoms with Crippen molar-refractivity contribution in [1.82, 2.24) is 5.43 Å². The number of hydrogen-bond acceptors (Lipinski definition) is 3. The summed E-state index contributed by atoms with van der Waals surface area (Å²) >= 11 is 1.78. The van der Waals surface area contributed by atoms with Gasteiger partial charge in [-0.3, -0.25) is 5.84 Å². The highest BCUT2D eigenvalue weighted by atomic mass is 32.1. The van der Waals surface area contributed by atoms with E-state index in [0.29, 0.717) is 0 Å². The van der Waals surface area contributed by atoms with E-state index in [4.69, 9.17) is 5.84 Å². The molecule has 2 nitrogen and oxygen atoms in total. The van der Waals surface area contributed by atoms with E-state index >= 15 is 0 Å². The van der Waals surface area contributed by atoms with Crippen molar-refractivity contribution in [2.24, 2.45) is 5.84 Å². The number of hydrogen-bond donors (Lipinski definition) is 2. The first-order valence-electron chi connectivity index (χ1n) is 6.68. The quantitative estimate of drug-likeness (QED) is 0.657. The summed E-state index contributed by atoms with van der Waals surface area (Å²) in [5.74, 6) is 5.83. The molecule has 1 aromatic carbocycles. The molecule has 0 aliphatic rings. The van der Waals surface area contributed by atoms with E-state index < -0.39 is 0 Å². The van der Waals surface area contributed by atoms with Crippen molar-refractivity contribution in [2.75, 3.05) is 0 Å². The smallest absolute Gasteiger partial charge is 0.0807 e. The van der Waals surface area contributed by atoms with E-state index in [1.54, 1.807) is 11.3 Å². The first-order valence-corrected chi connectivity index (χ1v) is 7.56. The standard InChI is InChI=1S/C16H22N2S/c1-5-13-6-7-19-16(13)15(18-17)14-9-11(3)10(2)8-12(14)4/h6-9,15,18H,5,17H2,1-4H3. The summed E-state index contributed by atoms with van der Waals surface area (Å²) in [7, 11) is 0. The van der Waals surface area contributed by atoms with Crippen molar-refractivity contribution in [3.05, 3.63) is 56.3 Å². The fourth-order valence-electron chi connectivity index (χ4n) is 2.49. The Hall–Kier alpha value is -1.16. The van der Waals surface area contributed by atoms with E-state index in [1.807, 2.05) is 0 Å². The van der Waals surface area contributed by atoms with Gasteiger partial charge in [0.15, 0.2) is 0 Å². The van der Waals surface area contributed by atoms with Gasteiger partial charge in [-0.15, -0.1) is 11.3 Å². The molecule has 0 aliphatic heterocycles. The number of benzene rings is 1. The third-order valence-corrected chi connectivity index (χ3v) is 4.81. The lowest BCUT2D eigenvalue weighted by Gasteiger charge is -2.20. The third-order valence-electron chi connectivity index (χ3n) is 3.78. The maximum Gasteiger partial charge on any atom is 0.0807 e. The Morgan fingerprint density at radius 3 is 2.47 bits per heavy atom. The number of rotatable bonds is 4. The van der Waals surface area contributed by atoms with Gasteiger partial charge in [0.2, 0.25) is 0 Å². The minimum Gasteiger partial charge on any atom is -0.271 e. The highest BCUT2D eigenvalue weighted by molar-refractivity contribution is 7.10. The summed E-state index contributed by atoms with van der Waals surface area (Å²) in [5, 5.41) is 2.15. The molecular weight excluding hydrogens is 252 g/mol. The highest BCUT2D eigenvalue weighted by Gasteiger charge is 2.19. The van der Waals surface area contributed by atoms with Gasteiger partial charge in [0, 0.05) is 4.88 Å². The zero-order valence-corrected chi connectivity index (χ0v) is 12.9. The molecule has 0 spiro atoms. The molecule has 3 N–H and O–H groups in total. The molecule has 0 fully saturated rings. The first-order chi connectivity index (χ1) is 9.08. The molecule has 3 heteroatoms. The van der Waals surface area contributed by atoms with Gasteiger partial charge in [-0.1, -0.05) is 19.1 Å². The van der Waals surface area contributed by atoms with Crippen LogP contribution in [0.25, 0.3) is 0 Å². The monoisotopic (exact) mass is 274 g/mol. The van der Waals surface area contributed by atoms with Crippen LogP contribution in [0.2, 0.25) is 0 Å². The predicted molar refractivity (Wildman–Crippen MR) is 83.5 cm³/mol. The Bertz CT molecular complexity index is 572. The van der Waals surface area contributed by atoms with Gasteiger partial charge >= 0.3 is 0 Å². The average molecular weight is 274 g/mol. The van der Waals surface area contributed by atoms with Crippen LogP contribution in [0.3, 0.4) is 0 Å². The minimum atomic E-state index is 0.0919. The molecule has 2 aromatic rings. The Morgan fingerprint density at radius 2 is 1.84 bits per heavy atom. The van der Waals surface area contributed by atoms with Crippen LogP contribution in [0.5, 0.6) is 0 Å². The molecule has 1 atom stereocenters. The molecule has 1 unspecified atom stereocenters. The van der Waals surface area contributed by atoms with E-state index in [2.05, 4.69) is 56.7 Å². The van der Waals surface area contributed by atoms with Crippen molar-refractivity contribution < 1.29 is 0 Å². The molecular formula is C16H22N2S. The lowest BCUT2D eigenvalue weighted by atomic mass is 9.94. The minimum absolute atomic E-state index is 0.0919. The van der Waals surface area contributed by atoms with Crippen LogP contribution in [-0.4, -0.2) is 0 Å². The molecule has 19 heavy (non-hydrogen) atoms. The number of aryl methyl sites for hydroxylation is 4. The summed E-state index contributed by atoms with van der Waals surface area (Å²) in [6.07, 6.45) is 1.04. The maximum absolute atomic E-state index is 5.83. The second-order valence-electron chi connectivity index (χ2n) is 5.06. The normalized spacial score (nSPS) is 12.7. The predicted octanol–water partition coefficient (Wildman–Crippen LogP) is 3.79. The van der Waals surface area contributed by atoms with Crippen LogP contribution in [0.15, 0.2) is 23.6 Å². The molecule has 2 rings (SSSR count). The SMILES string of the molecule is CCc1ccsc1C(NN)c1cc(C)c(C)cc1C. The van der Waals surface area contributed by atoms with Crippen LogP contribution in [0.1, 0.15) is 45.7 Å². The molecule has 0 amide bonds. The van der Waals surface area contributed by atoms with Gasteiger partial charge in [-0.05, 0) is 66.5 Å². The number of thiophene rings is 1. The molecule has 1 aromatic heterocycles. The summed E-state index contributed by atoms with van der Waals surface area (Å²) in [4.78, 5) is 1.33. The average Bonchev–Trinajstić information content (AvgIpc) is 2.84. The second-order valence-corrected chi connectivity index (χ2v) is 6.00. The highest BCUT2D eigenvalue weighted by Crippen LogP contribution is 2.32. The van der Waals surface area contributed by atoms with E-state index in [0.717, 1.165) is 6.42 Å². The van der Waals surface area contributed by atoms with Crippen LogP contribution in [0.4, 0.5) is 0 Å². The zero-order valence-electron chi connectivity index (χ0n) is 12.1. The Balaban J connectivity index is 2.51. The van der Waals surface area contributed by atoms with Crippen molar-refractivity contribution in [2.45, 2.75) is 40.2 Å². The van der Waals surface area contributed by atoms with Crippen molar-refractivity contribution in [3.63, 3.8) is 0 Å². The summed E-state index contributed by atoms with van der Waals surface area (Å²) < 4.78 is 0. The van der Waals surface area contributed by atoms with Crippen molar-refractivity contribution >= 4 is 11.3 Å². The molecule has 0 saturated heterocycles. The Labute approximate surface area is 119 Å². The van der Waals surface area contributed by atoms with Gasteiger partial charge < -0.3 is 0 Å². The van der Waals surface area contributed by atoms with Gasteiger partial charge in [0.1, 0.15) is 0 Å². The Morgan fingerprint density at radius 1 is 1.16 bits per heavy atom. The van der Waals surface area contributed by atoms with Gasteiger partial charge in [0.25, 0.3) is 0 Å². The van der Waals surface area contributed by atoms with E-state index in [-0.39, 0.29) is 6.04 Å². The third kappa shape index (κ3) is 2.73. The van der Waals surface area contributed by atoms with Gasteiger partial charge in [-0.2, -0.15) is 0 Å². The van der Waals surface area contributed by atoms with Gasteiger partial charge in [0.05, 0.1) is 6.04 Å². The number of nitrogens with one attached hydrogen (secondary N) is 1. The van der Waals surface area contributed by atoms with Crippen LogP contribution in [0, 0.1) is 20.8 Å². The molecule has 102 valence electrons. The van der Waals surface area contributed by atoms with Crippen LogP contribution in [-0.2, 0) is 6.42 Å². The van der Waals surface area contributed by atoms with Crippen molar-refractivity contribution in [1.29, 1.82) is 0 Å². The molecule has 0 bridgehead atoms.